The Morgan fingerprint density at radius 2 is 1.84 bits per heavy atom. The highest BCUT2D eigenvalue weighted by Crippen LogP contribution is 2.34. The van der Waals surface area contributed by atoms with Gasteiger partial charge in [-0.05, 0) is 24.5 Å². The Labute approximate surface area is 186 Å². The highest BCUT2D eigenvalue weighted by molar-refractivity contribution is 7.89. The fourth-order valence-electron chi connectivity index (χ4n) is 3.13. The van der Waals surface area contributed by atoms with E-state index in [1.165, 1.54) is 30.7 Å². The first-order valence-electron chi connectivity index (χ1n) is 9.72. The largest absolute Gasteiger partial charge is 0.503 e. The first-order valence-corrected chi connectivity index (χ1v) is 11.1. The number of amidine groups is 2. The van der Waals surface area contributed by atoms with E-state index in [1.54, 1.807) is 6.07 Å². The molecule has 3 N–H and O–H groups in total. The van der Waals surface area contributed by atoms with Crippen LogP contribution in [0.25, 0.3) is 0 Å². The summed E-state index contributed by atoms with van der Waals surface area (Å²) in [5.74, 6) is 0.0288. The van der Waals surface area contributed by atoms with Gasteiger partial charge in [-0.3, -0.25) is 9.48 Å². The lowest BCUT2D eigenvalue weighted by Gasteiger charge is -2.30. The van der Waals surface area contributed by atoms with Gasteiger partial charge in [0.15, 0.2) is 28.9 Å². The van der Waals surface area contributed by atoms with Crippen LogP contribution in [0, 0.1) is 12.3 Å². The van der Waals surface area contributed by atoms with E-state index in [0.717, 1.165) is 0 Å². The summed E-state index contributed by atoms with van der Waals surface area (Å²) in [5, 5.41) is 20.4. The number of nitrogens with one attached hydrogen (secondary N) is 2. The van der Waals surface area contributed by atoms with E-state index in [1.807, 2.05) is 33.8 Å². The molecule has 0 bridgehead atoms. The van der Waals surface area contributed by atoms with Crippen molar-refractivity contribution in [1.82, 2.24) is 20.0 Å². The van der Waals surface area contributed by atoms with Gasteiger partial charge in [-0.25, -0.2) is 0 Å². The van der Waals surface area contributed by atoms with E-state index < -0.39 is 27.9 Å². The molecule has 0 saturated carbocycles. The van der Waals surface area contributed by atoms with Crippen molar-refractivity contribution in [1.29, 1.82) is 0 Å². The SMILES string of the molecule is Cc1ccc([C@H](NC2=NS(=O)(=O)N=C2Nc2nn(C)c(C(=O)N(C)C)c2O)C(C)(C)C)o1. The molecule has 2 aromatic rings. The van der Waals surface area contributed by atoms with Crippen LogP contribution in [0.4, 0.5) is 5.82 Å². The monoisotopic (exact) mass is 465 g/mol. The first kappa shape index (κ1) is 23.3. The van der Waals surface area contributed by atoms with Crippen LogP contribution in [0.15, 0.2) is 25.3 Å². The third-order valence-electron chi connectivity index (χ3n) is 4.70. The maximum absolute atomic E-state index is 12.3. The molecular formula is C19H27N7O5S. The number of hydrogen-bond donors (Lipinski definition) is 3. The van der Waals surface area contributed by atoms with Crippen molar-refractivity contribution in [3.05, 3.63) is 29.3 Å². The van der Waals surface area contributed by atoms with Crippen molar-refractivity contribution in [2.75, 3.05) is 19.4 Å². The second kappa shape index (κ2) is 7.97. The van der Waals surface area contributed by atoms with Crippen molar-refractivity contribution in [2.45, 2.75) is 33.7 Å². The Hall–Kier alpha value is -3.35. The Bertz CT molecular complexity index is 1220. The minimum absolute atomic E-state index is 0.0653. The van der Waals surface area contributed by atoms with Crippen LogP contribution in [0.2, 0.25) is 0 Å². The lowest BCUT2D eigenvalue weighted by molar-refractivity contribution is 0.0814. The van der Waals surface area contributed by atoms with Crippen molar-refractivity contribution >= 4 is 33.6 Å². The summed E-state index contributed by atoms with van der Waals surface area (Å²) in [6.45, 7) is 7.69. The summed E-state index contributed by atoms with van der Waals surface area (Å²) >= 11 is 0. The third-order valence-corrected chi connectivity index (χ3v) is 5.52. The fraction of sp³-hybridized carbons (Fsp3) is 0.474. The number of furan rings is 1. The number of nitrogens with zero attached hydrogens (tertiary/aromatic N) is 5. The summed E-state index contributed by atoms with van der Waals surface area (Å²) < 4.78 is 38.5. The van der Waals surface area contributed by atoms with E-state index in [9.17, 15) is 18.3 Å². The number of hydrogen-bond acceptors (Lipinski definition) is 8. The van der Waals surface area contributed by atoms with Crippen LogP contribution in [-0.2, 0) is 17.3 Å². The summed E-state index contributed by atoms with van der Waals surface area (Å²) in [4.78, 5) is 13.6. The molecule has 0 radical (unpaired) electrons. The molecular weight excluding hydrogens is 438 g/mol. The highest BCUT2D eigenvalue weighted by atomic mass is 32.2. The van der Waals surface area contributed by atoms with E-state index in [0.29, 0.717) is 11.5 Å². The predicted octanol–water partition coefficient (Wildman–Crippen LogP) is 1.57. The van der Waals surface area contributed by atoms with Crippen LogP contribution in [0.3, 0.4) is 0 Å². The molecule has 0 spiro atoms. The standard InChI is InChI=1S/C19H27N7O5S/c1-10-8-9-11(31-10)14(19(2,3)4)20-16-17(24-32(29,30)23-16)21-15-13(27)12(26(7)22-15)18(28)25(5)6/h8-9,14,27H,1-7H3,(H,20,23)(H,21,22,24)/t14-/m0/s1. The first-order chi connectivity index (χ1) is 14.7. The molecule has 0 aromatic carbocycles. The Morgan fingerprint density at radius 3 is 2.38 bits per heavy atom. The Kier molecular flexibility index (Phi) is 5.80. The lowest BCUT2D eigenvalue weighted by atomic mass is 9.85. The van der Waals surface area contributed by atoms with Gasteiger partial charge in [-0.1, -0.05) is 20.8 Å². The number of carbonyl (C=O) groups is 1. The van der Waals surface area contributed by atoms with E-state index in [4.69, 9.17) is 4.42 Å². The minimum atomic E-state index is -4.15. The topological polar surface area (TPSA) is 154 Å². The molecule has 13 heteroatoms. The van der Waals surface area contributed by atoms with Gasteiger partial charge >= 0.3 is 10.2 Å². The zero-order valence-electron chi connectivity index (χ0n) is 19.0. The van der Waals surface area contributed by atoms with Gasteiger partial charge in [-0.2, -0.15) is 13.5 Å². The lowest BCUT2D eigenvalue weighted by Crippen LogP contribution is -2.41. The Balaban J connectivity index is 1.95. The molecule has 32 heavy (non-hydrogen) atoms. The zero-order chi connectivity index (χ0) is 24.0. The van der Waals surface area contributed by atoms with Crippen LogP contribution >= 0.6 is 0 Å². The molecule has 2 aromatic heterocycles. The van der Waals surface area contributed by atoms with E-state index in [-0.39, 0.29) is 28.6 Å². The Morgan fingerprint density at radius 1 is 1.22 bits per heavy atom. The third kappa shape index (κ3) is 4.61. The van der Waals surface area contributed by atoms with Crippen LogP contribution < -0.4 is 10.6 Å². The van der Waals surface area contributed by atoms with Crippen molar-refractivity contribution in [3.8, 4) is 5.75 Å². The van der Waals surface area contributed by atoms with Gasteiger partial charge in [0, 0.05) is 21.1 Å². The second-order valence-electron chi connectivity index (χ2n) is 8.71. The van der Waals surface area contributed by atoms with E-state index >= 15 is 0 Å². The molecule has 3 rings (SSSR count). The molecule has 1 aliphatic rings. The van der Waals surface area contributed by atoms with Gasteiger partial charge < -0.3 is 25.1 Å². The summed E-state index contributed by atoms with van der Waals surface area (Å²) in [6.07, 6.45) is 0. The van der Waals surface area contributed by atoms with Gasteiger partial charge in [0.25, 0.3) is 5.91 Å². The number of aromatic nitrogens is 2. The number of anilines is 1. The maximum atomic E-state index is 12.3. The summed E-state index contributed by atoms with van der Waals surface area (Å²) in [5.41, 5.74) is -0.452. The highest BCUT2D eigenvalue weighted by Gasteiger charge is 2.35. The molecule has 1 amide bonds. The smallest absolute Gasteiger partial charge is 0.367 e. The van der Waals surface area contributed by atoms with Crippen molar-refractivity contribution < 1.29 is 22.7 Å². The number of carbonyl (C=O) groups excluding carboxylic acids is 1. The van der Waals surface area contributed by atoms with Crippen molar-refractivity contribution in [2.24, 2.45) is 21.3 Å². The predicted molar refractivity (Wildman–Crippen MR) is 119 cm³/mol. The zero-order valence-corrected chi connectivity index (χ0v) is 19.8. The van der Waals surface area contributed by atoms with Crippen molar-refractivity contribution in [3.63, 3.8) is 0 Å². The van der Waals surface area contributed by atoms with Crippen LogP contribution in [0.1, 0.15) is 48.8 Å². The molecule has 1 atom stereocenters. The van der Waals surface area contributed by atoms with Gasteiger partial charge in [0.2, 0.25) is 0 Å². The number of aryl methyl sites for hydroxylation is 2. The molecule has 174 valence electrons. The average molecular weight is 466 g/mol. The average Bonchev–Trinajstić information content (AvgIpc) is 3.27. The maximum Gasteiger partial charge on any atom is 0.367 e. The fourth-order valence-corrected chi connectivity index (χ4v) is 3.91. The minimum Gasteiger partial charge on any atom is -0.503 e. The second-order valence-corrected chi connectivity index (χ2v) is 9.97. The summed E-state index contributed by atoms with van der Waals surface area (Å²) in [6, 6.07) is 3.17. The summed E-state index contributed by atoms with van der Waals surface area (Å²) in [7, 11) is 0.403. The van der Waals surface area contributed by atoms with Gasteiger partial charge in [-0.15, -0.1) is 8.80 Å². The normalized spacial score (nSPS) is 16.3. The van der Waals surface area contributed by atoms with Gasteiger partial charge in [0.05, 0.1) is 6.04 Å². The quantitative estimate of drug-likeness (QED) is 0.615. The number of amides is 1. The van der Waals surface area contributed by atoms with Crippen LogP contribution in [-0.4, -0.2) is 59.9 Å². The van der Waals surface area contributed by atoms with E-state index in [2.05, 4.69) is 24.5 Å². The number of aromatic hydroxyl groups is 1. The van der Waals surface area contributed by atoms with Gasteiger partial charge in [0.1, 0.15) is 11.5 Å². The molecule has 0 unspecified atom stereocenters. The molecule has 0 fully saturated rings. The number of rotatable bonds is 4. The molecule has 3 heterocycles. The molecule has 0 aliphatic carbocycles. The molecule has 0 saturated heterocycles. The molecule has 1 aliphatic heterocycles. The van der Waals surface area contributed by atoms with Crippen LogP contribution in [0.5, 0.6) is 5.75 Å². The molecule has 12 nitrogen and oxygen atoms in total.